The first kappa shape index (κ1) is 52.5. The zero-order chi connectivity index (χ0) is 46.9. The first-order valence-corrected chi connectivity index (χ1v) is 21.0. The van der Waals surface area contributed by atoms with Crippen LogP contribution in [-0.4, -0.2) is 149 Å². The molecule has 4 atom stereocenters. The van der Waals surface area contributed by atoms with Crippen molar-refractivity contribution in [3.8, 4) is 34.6 Å². The van der Waals surface area contributed by atoms with Gasteiger partial charge in [0.15, 0.2) is 34.6 Å². The minimum absolute atomic E-state index is 0. The van der Waals surface area contributed by atoms with Gasteiger partial charge in [0.2, 0.25) is 11.8 Å². The third-order valence-electron chi connectivity index (χ3n) is 11.3. The van der Waals surface area contributed by atoms with Crippen molar-refractivity contribution in [3.63, 3.8) is 0 Å². The zero-order valence-corrected chi connectivity index (χ0v) is 37.8. The number of methoxy groups -OCH3 is 3. The molecule has 4 aromatic heterocycles. The standard InChI is InChI=1S/C23H24FN5O5.C22H24FN5O4.Al.Li.4H/c1-14-7-8-15(34-21-19(23(31)33-3)18(32-2)9-10-25-21)13-28(14)22(30)16-5-4-6-17(24)20(16)29-26-11-12-27-29;1-14-6-7-15(32-21-17(13-29)19(31-2)8-9-24-21)12-27(14)22(30)16-4-3-5-18(23)20(16)28-25-10-11-26-28;;;;;;/h4-6,9-12,14-15H,7-8,13H2,1-3H3;3-5,8-11,14-15,29H,6-7,12-13H2,1-2H3;;;;;;/q;;;+1;;;;-1/t2*14-,15-;;;;;;/m11....../s1. The minimum Gasteiger partial charge on any atom is -1.00 e. The van der Waals surface area contributed by atoms with E-state index >= 15 is 0 Å². The number of halogens is 2. The van der Waals surface area contributed by atoms with E-state index in [0.29, 0.717) is 37.0 Å². The molecule has 354 valence electrons. The number of hydrogen-bond acceptors (Lipinski definition) is 15. The van der Waals surface area contributed by atoms with E-state index in [9.17, 15) is 28.3 Å². The summed E-state index contributed by atoms with van der Waals surface area (Å²) in [7, 11) is 4.19. The minimum atomic E-state index is -0.645. The van der Waals surface area contributed by atoms with Gasteiger partial charge in [-0.3, -0.25) is 9.59 Å². The molecule has 0 radical (unpaired) electrons. The molecule has 2 saturated heterocycles. The Morgan fingerprint density at radius 2 is 1.10 bits per heavy atom. The fraction of sp³-hybridized carbons (Fsp3) is 0.356. The van der Waals surface area contributed by atoms with Crippen molar-refractivity contribution < 1.29 is 72.2 Å². The maximum absolute atomic E-state index is 14.7. The number of esters is 1. The molecule has 0 unspecified atom stereocenters. The Morgan fingerprint density at radius 3 is 1.54 bits per heavy atom. The molecule has 68 heavy (non-hydrogen) atoms. The normalized spacial score (nSPS) is 17.6. The van der Waals surface area contributed by atoms with Gasteiger partial charge in [0, 0.05) is 24.5 Å². The van der Waals surface area contributed by atoms with Gasteiger partial charge >= 0.3 is 24.8 Å². The Balaban J connectivity index is 0.000000288. The van der Waals surface area contributed by atoms with Gasteiger partial charge < -0.3 is 40.0 Å². The van der Waals surface area contributed by atoms with Crippen LogP contribution in [0.25, 0.3) is 11.4 Å². The van der Waals surface area contributed by atoms with Crippen LogP contribution in [0.2, 0.25) is 0 Å². The van der Waals surface area contributed by atoms with Crippen molar-refractivity contribution in [1.82, 2.24) is 49.8 Å². The number of nitrogens with zero attached hydrogens (tertiary/aromatic N) is 10. The van der Waals surface area contributed by atoms with E-state index in [0.717, 1.165) is 9.59 Å². The first-order valence-electron chi connectivity index (χ1n) is 21.0. The molecule has 1 N–H and O–H groups in total. The first-order chi connectivity index (χ1) is 32.0. The van der Waals surface area contributed by atoms with Gasteiger partial charge in [-0.1, -0.05) is 12.1 Å². The number of piperidine rings is 2. The van der Waals surface area contributed by atoms with Crippen LogP contribution in [0.3, 0.4) is 0 Å². The molecular formula is C45H52AlF2LiN10O9. The third kappa shape index (κ3) is 11.5. The smallest absolute Gasteiger partial charge is 1.00 e. The number of hydrogen-bond donors (Lipinski definition) is 1. The van der Waals surface area contributed by atoms with Crippen LogP contribution in [0.15, 0.2) is 85.7 Å². The van der Waals surface area contributed by atoms with Gasteiger partial charge in [-0.05, 0) is 75.9 Å². The van der Waals surface area contributed by atoms with E-state index in [1.807, 2.05) is 13.8 Å². The van der Waals surface area contributed by atoms with Crippen molar-refractivity contribution in [2.24, 2.45) is 0 Å². The second kappa shape index (κ2) is 24.0. The maximum atomic E-state index is 14.7. The summed E-state index contributed by atoms with van der Waals surface area (Å²) < 4.78 is 56.8. The van der Waals surface area contributed by atoms with Crippen LogP contribution in [0.5, 0.6) is 23.3 Å². The van der Waals surface area contributed by atoms with Crippen molar-refractivity contribution in [3.05, 3.63) is 120 Å². The molecule has 0 spiro atoms. The van der Waals surface area contributed by atoms with Crippen LogP contribution in [0.1, 0.15) is 77.6 Å². The fourth-order valence-corrected chi connectivity index (χ4v) is 7.85. The van der Waals surface area contributed by atoms with E-state index in [1.54, 1.807) is 28.0 Å². The molecule has 2 aliphatic heterocycles. The van der Waals surface area contributed by atoms with Crippen LogP contribution >= 0.6 is 0 Å². The molecule has 0 saturated carbocycles. The summed E-state index contributed by atoms with van der Waals surface area (Å²) in [5.74, 6) is -1.47. The number of para-hydroxylation sites is 2. The Kier molecular flexibility index (Phi) is 18.6. The summed E-state index contributed by atoms with van der Waals surface area (Å²) in [6, 6.07) is 11.6. The number of benzene rings is 2. The van der Waals surface area contributed by atoms with Gasteiger partial charge in [-0.25, -0.2) is 23.5 Å². The van der Waals surface area contributed by atoms with Crippen molar-refractivity contribution in [2.45, 2.75) is 70.4 Å². The molecule has 19 nitrogen and oxygen atoms in total. The van der Waals surface area contributed by atoms with E-state index < -0.39 is 23.7 Å². The number of ether oxygens (including phenoxy) is 5. The van der Waals surface area contributed by atoms with Gasteiger partial charge in [0.25, 0.3) is 11.8 Å². The van der Waals surface area contributed by atoms with E-state index in [-0.39, 0.29) is 133 Å². The van der Waals surface area contributed by atoms with E-state index in [1.165, 1.54) is 88.8 Å². The molecule has 2 aromatic carbocycles. The number of amides is 2. The van der Waals surface area contributed by atoms with Crippen molar-refractivity contribution in [1.29, 1.82) is 0 Å². The molecule has 2 amide bonds. The molecule has 8 rings (SSSR count). The summed E-state index contributed by atoms with van der Waals surface area (Å²) in [6.45, 7) is 4.07. The average molecular weight is 949 g/mol. The van der Waals surface area contributed by atoms with Gasteiger partial charge in [0.05, 0.1) is 82.5 Å². The molecule has 0 bridgehead atoms. The number of rotatable bonds is 12. The Hall–Kier alpha value is -6.42. The van der Waals surface area contributed by atoms with Crippen LogP contribution in [-0.2, 0) is 11.3 Å². The monoisotopic (exact) mass is 948 g/mol. The van der Waals surface area contributed by atoms with Gasteiger partial charge in [0.1, 0.15) is 35.1 Å². The Morgan fingerprint density at radius 1 is 0.662 bits per heavy atom. The maximum Gasteiger partial charge on any atom is 1.00 e. The van der Waals surface area contributed by atoms with Crippen LogP contribution in [0, 0.1) is 11.6 Å². The van der Waals surface area contributed by atoms with Gasteiger partial charge in [-0.2, -0.15) is 20.4 Å². The fourth-order valence-electron chi connectivity index (χ4n) is 7.85. The molecule has 23 heteroatoms. The summed E-state index contributed by atoms with van der Waals surface area (Å²) in [5.41, 5.74) is 0.817. The van der Waals surface area contributed by atoms with Crippen molar-refractivity contribution in [2.75, 3.05) is 34.4 Å². The SMILES string of the molecule is COC(=O)c1c(OC)ccnc1O[C@@H]1CC[C@@H](C)N(C(=O)c2cccc(F)c2-n2nccn2)C1.COc1ccnc(O[C@@H]2CC[C@@H](C)N(C(=O)c3cccc(F)c3-n3nccn3)C2)c1CO.[AlH3].[H-].[Li+]. The molecular weight excluding hydrogens is 896 g/mol. The van der Waals surface area contributed by atoms with E-state index in [4.69, 9.17) is 23.7 Å². The second-order valence-corrected chi connectivity index (χ2v) is 15.3. The predicted octanol–water partition coefficient (Wildman–Crippen LogP) is 0.976. The van der Waals surface area contributed by atoms with Gasteiger partial charge in [-0.15, -0.1) is 9.59 Å². The number of aliphatic hydroxyl groups excluding tert-OH is 1. The summed E-state index contributed by atoms with van der Waals surface area (Å²) in [5, 5.41) is 25.7. The quantitative estimate of drug-likeness (QED) is 0.134. The average Bonchev–Trinajstić information content (AvgIpc) is 4.08. The third-order valence-corrected chi connectivity index (χ3v) is 11.3. The molecule has 2 fully saturated rings. The van der Waals surface area contributed by atoms with E-state index in [2.05, 4.69) is 30.4 Å². The second-order valence-electron chi connectivity index (χ2n) is 15.3. The molecule has 6 heterocycles. The Labute approximate surface area is 414 Å². The van der Waals surface area contributed by atoms with Crippen LogP contribution < -0.4 is 37.8 Å². The number of aliphatic hydroxyl groups is 1. The summed E-state index contributed by atoms with van der Waals surface area (Å²) in [6.07, 6.45) is 10.5. The zero-order valence-electron chi connectivity index (χ0n) is 38.8. The molecule has 6 aromatic rings. The molecule has 2 aliphatic rings. The number of carbonyl (C=O) groups is 3. The number of pyridine rings is 2. The Bertz CT molecular complexity index is 2660. The predicted molar refractivity (Wildman–Crippen MR) is 241 cm³/mol. The van der Waals surface area contributed by atoms with Crippen LogP contribution in [0.4, 0.5) is 8.78 Å². The van der Waals surface area contributed by atoms with Crippen molar-refractivity contribution >= 4 is 35.1 Å². The largest absolute Gasteiger partial charge is 1.00 e. The summed E-state index contributed by atoms with van der Waals surface area (Å²) in [4.78, 5) is 53.2. The number of aromatic nitrogens is 8. The topological polar surface area (TPSA) is 211 Å². The molecule has 0 aliphatic carbocycles. The number of likely N-dealkylation sites (tertiary alicyclic amines) is 2. The summed E-state index contributed by atoms with van der Waals surface area (Å²) >= 11 is 0. The number of carbonyl (C=O) groups excluding carboxylic acids is 3.